The van der Waals surface area contributed by atoms with Gasteiger partial charge in [0.25, 0.3) is 0 Å². The number of ether oxygens (including phenoxy) is 1. The molecule has 21 heavy (non-hydrogen) atoms. The SMILES string of the molecule is COc1ccccc1C(C)NC(=O)Nc1cccc(Cl)c1. The van der Waals surface area contributed by atoms with Crippen molar-refractivity contribution in [3.63, 3.8) is 0 Å². The first kappa shape index (κ1) is 15.2. The van der Waals surface area contributed by atoms with Gasteiger partial charge in [0.15, 0.2) is 0 Å². The van der Waals surface area contributed by atoms with Gasteiger partial charge in [0, 0.05) is 16.3 Å². The standard InChI is InChI=1S/C16H17ClN2O2/c1-11(14-8-3-4-9-15(14)21-2)18-16(20)19-13-7-5-6-12(17)10-13/h3-11H,1-2H3,(H2,18,19,20). The zero-order valence-electron chi connectivity index (χ0n) is 11.9. The molecule has 0 aliphatic heterocycles. The average Bonchev–Trinajstić information content (AvgIpc) is 2.47. The molecule has 4 nitrogen and oxygen atoms in total. The van der Waals surface area contributed by atoms with Crippen molar-refractivity contribution in [3.8, 4) is 5.75 Å². The van der Waals surface area contributed by atoms with Gasteiger partial charge >= 0.3 is 6.03 Å². The molecule has 0 aliphatic rings. The molecule has 2 N–H and O–H groups in total. The average molecular weight is 305 g/mol. The number of urea groups is 1. The van der Waals surface area contributed by atoms with E-state index in [1.54, 1.807) is 31.4 Å². The Morgan fingerprint density at radius 1 is 1.19 bits per heavy atom. The highest BCUT2D eigenvalue weighted by atomic mass is 35.5. The predicted octanol–water partition coefficient (Wildman–Crippen LogP) is 4.23. The number of amides is 2. The van der Waals surface area contributed by atoms with Gasteiger partial charge in [-0.2, -0.15) is 0 Å². The van der Waals surface area contributed by atoms with Crippen LogP contribution in [-0.4, -0.2) is 13.1 Å². The van der Waals surface area contributed by atoms with E-state index in [0.29, 0.717) is 10.7 Å². The number of rotatable bonds is 4. The molecule has 0 saturated heterocycles. The maximum absolute atomic E-state index is 12.0. The number of hydrogen-bond acceptors (Lipinski definition) is 2. The van der Waals surface area contributed by atoms with E-state index in [1.165, 1.54) is 0 Å². The van der Waals surface area contributed by atoms with E-state index >= 15 is 0 Å². The second kappa shape index (κ2) is 6.99. The molecule has 0 spiro atoms. The fourth-order valence-electron chi connectivity index (χ4n) is 2.03. The lowest BCUT2D eigenvalue weighted by Crippen LogP contribution is -2.31. The van der Waals surface area contributed by atoms with Crippen LogP contribution in [0.3, 0.4) is 0 Å². The molecule has 0 fully saturated rings. The van der Waals surface area contributed by atoms with Crippen LogP contribution in [0.25, 0.3) is 0 Å². The largest absolute Gasteiger partial charge is 0.496 e. The molecule has 2 aromatic rings. The van der Waals surface area contributed by atoms with E-state index in [0.717, 1.165) is 11.3 Å². The Bertz CT molecular complexity index is 631. The Balaban J connectivity index is 2.02. The van der Waals surface area contributed by atoms with E-state index in [1.807, 2.05) is 31.2 Å². The number of benzene rings is 2. The lowest BCUT2D eigenvalue weighted by atomic mass is 10.1. The molecule has 2 aromatic carbocycles. The second-order valence-electron chi connectivity index (χ2n) is 4.57. The van der Waals surface area contributed by atoms with Gasteiger partial charge in [-0.25, -0.2) is 4.79 Å². The highest BCUT2D eigenvalue weighted by Gasteiger charge is 2.13. The lowest BCUT2D eigenvalue weighted by Gasteiger charge is -2.17. The molecular formula is C16H17ClN2O2. The van der Waals surface area contributed by atoms with Crippen molar-refractivity contribution in [1.29, 1.82) is 0 Å². The molecule has 1 unspecified atom stereocenters. The fraction of sp³-hybridized carbons (Fsp3) is 0.188. The van der Waals surface area contributed by atoms with E-state index in [-0.39, 0.29) is 12.1 Å². The molecule has 2 amide bonds. The summed E-state index contributed by atoms with van der Waals surface area (Å²) in [5.41, 5.74) is 1.56. The smallest absolute Gasteiger partial charge is 0.319 e. The van der Waals surface area contributed by atoms with Crippen LogP contribution in [-0.2, 0) is 0 Å². The molecule has 2 rings (SSSR count). The first-order chi connectivity index (χ1) is 10.1. The van der Waals surface area contributed by atoms with Crippen LogP contribution in [0.15, 0.2) is 48.5 Å². The summed E-state index contributed by atoms with van der Waals surface area (Å²) in [5, 5.41) is 6.19. The first-order valence-corrected chi connectivity index (χ1v) is 6.94. The minimum atomic E-state index is -0.296. The van der Waals surface area contributed by atoms with Gasteiger partial charge in [0.2, 0.25) is 0 Å². The third-order valence-electron chi connectivity index (χ3n) is 3.04. The zero-order valence-corrected chi connectivity index (χ0v) is 12.6. The molecule has 0 radical (unpaired) electrons. The number of para-hydroxylation sites is 1. The Morgan fingerprint density at radius 2 is 1.95 bits per heavy atom. The van der Waals surface area contributed by atoms with Gasteiger partial charge < -0.3 is 15.4 Å². The second-order valence-corrected chi connectivity index (χ2v) is 5.01. The number of hydrogen-bond donors (Lipinski definition) is 2. The molecule has 1 atom stereocenters. The molecular weight excluding hydrogens is 288 g/mol. The summed E-state index contributed by atoms with van der Waals surface area (Å²) >= 11 is 5.88. The van der Waals surface area contributed by atoms with Crippen molar-refractivity contribution in [2.75, 3.05) is 12.4 Å². The maximum atomic E-state index is 12.0. The number of methoxy groups -OCH3 is 1. The molecule has 0 bridgehead atoms. The van der Waals surface area contributed by atoms with Gasteiger partial charge in [-0.1, -0.05) is 35.9 Å². The summed E-state index contributed by atoms with van der Waals surface area (Å²) in [4.78, 5) is 12.0. The van der Waals surface area contributed by atoms with Crippen LogP contribution < -0.4 is 15.4 Å². The fourth-order valence-corrected chi connectivity index (χ4v) is 2.22. The quantitative estimate of drug-likeness (QED) is 0.888. The van der Waals surface area contributed by atoms with Gasteiger partial charge in [-0.05, 0) is 31.2 Å². The van der Waals surface area contributed by atoms with E-state index in [9.17, 15) is 4.79 Å². The van der Waals surface area contributed by atoms with Crippen LogP contribution in [0.1, 0.15) is 18.5 Å². The minimum absolute atomic E-state index is 0.180. The van der Waals surface area contributed by atoms with Crippen molar-refractivity contribution < 1.29 is 9.53 Å². The van der Waals surface area contributed by atoms with Gasteiger partial charge in [0.05, 0.1) is 13.2 Å². The molecule has 0 aliphatic carbocycles. The van der Waals surface area contributed by atoms with Crippen LogP contribution in [0.5, 0.6) is 5.75 Å². The molecule has 0 saturated carbocycles. The van der Waals surface area contributed by atoms with Gasteiger partial charge in [-0.15, -0.1) is 0 Å². The van der Waals surface area contributed by atoms with E-state index in [4.69, 9.17) is 16.3 Å². The molecule has 110 valence electrons. The third-order valence-corrected chi connectivity index (χ3v) is 3.27. The number of halogens is 1. The maximum Gasteiger partial charge on any atom is 0.319 e. The van der Waals surface area contributed by atoms with Crippen molar-refractivity contribution in [2.45, 2.75) is 13.0 Å². The summed E-state index contributed by atoms with van der Waals surface area (Å²) in [6.07, 6.45) is 0. The summed E-state index contributed by atoms with van der Waals surface area (Å²) < 4.78 is 5.29. The van der Waals surface area contributed by atoms with Gasteiger partial charge in [0.1, 0.15) is 5.75 Å². The third kappa shape index (κ3) is 4.13. The molecule has 0 aromatic heterocycles. The number of carbonyl (C=O) groups is 1. The Hall–Kier alpha value is -2.20. The number of nitrogens with one attached hydrogen (secondary N) is 2. The van der Waals surface area contributed by atoms with Crippen molar-refractivity contribution in [3.05, 3.63) is 59.1 Å². The summed E-state index contributed by atoms with van der Waals surface area (Å²) in [6, 6.07) is 14.1. The van der Waals surface area contributed by atoms with Crippen LogP contribution in [0.2, 0.25) is 5.02 Å². The Morgan fingerprint density at radius 3 is 2.67 bits per heavy atom. The zero-order chi connectivity index (χ0) is 15.2. The van der Waals surface area contributed by atoms with Crippen molar-refractivity contribution in [1.82, 2.24) is 5.32 Å². The van der Waals surface area contributed by atoms with Gasteiger partial charge in [-0.3, -0.25) is 0 Å². The molecule has 5 heteroatoms. The topological polar surface area (TPSA) is 50.4 Å². The predicted molar refractivity (Wildman–Crippen MR) is 85.0 cm³/mol. The van der Waals surface area contributed by atoms with Crippen LogP contribution in [0, 0.1) is 0 Å². The van der Waals surface area contributed by atoms with Crippen LogP contribution >= 0.6 is 11.6 Å². The van der Waals surface area contributed by atoms with Crippen LogP contribution in [0.4, 0.5) is 10.5 Å². The number of anilines is 1. The highest BCUT2D eigenvalue weighted by molar-refractivity contribution is 6.30. The summed E-state index contributed by atoms with van der Waals surface area (Å²) in [5.74, 6) is 0.744. The Kier molecular flexibility index (Phi) is 5.06. The monoisotopic (exact) mass is 304 g/mol. The Labute approximate surface area is 129 Å². The first-order valence-electron chi connectivity index (χ1n) is 6.56. The normalized spacial score (nSPS) is 11.6. The minimum Gasteiger partial charge on any atom is -0.496 e. The summed E-state index contributed by atoms with van der Waals surface area (Å²) in [6.45, 7) is 1.90. The van der Waals surface area contributed by atoms with Crippen molar-refractivity contribution in [2.24, 2.45) is 0 Å². The molecule has 0 heterocycles. The highest BCUT2D eigenvalue weighted by Crippen LogP contribution is 2.24. The van der Waals surface area contributed by atoms with E-state index in [2.05, 4.69) is 10.6 Å². The lowest BCUT2D eigenvalue weighted by molar-refractivity contribution is 0.249. The van der Waals surface area contributed by atoms with Crippen molar-refractivity contribution >= 4 is 23.3 Å². The summed E-state index contributed by atoms with van der Waals surface area (Å²) in [7, 11) is 1.61. The van der Waals surface area contributed by atoms with E-state index < -0.39 is 0 Å². The number of carbonyl (C=O) groups excluding carboxylic acids is 1.